The number of carbonyl (C=O) groups is 2. The molecule has 0 unspecified atom stereocenters. The van der Waals surface area contributed by atoms with Crippen LogP contribution >= 0.6 is 0 Å². The zero-order chi connectivity index (χ0) is 25.8. The summed E-state index contributed by atoms with van der Waals surface area (Å²) < 4.78 is 5.42. The maximum absolute atomic E-state index is 13.5. The first-order chi connectivity index (χ1) is 17.2. The average Bonchev–Trinajstić information content (AvgIpc) is 3.43. The molecule has 0 atom stereocenters. The van der Waals surface area contributed by atoms with Gasteiger partial charge in [-0.2, -0.15) is 0 Å². The summed E-state index contributed by atoms with van der Waals surface area (Å²) in [5, 5.41) is 11.7. The van der Waals surface area contributed by atoms with E-state index >= 15 is 0 Å². The van der Waals surface area contributed by atoms with Gasteiger partial charge in [-0.25, -0.2) is 5.01 Å². The fourth-order valence-electron chi connectivity index (χ4n) is 4.68. The Labute approximate surface area is 213 Å². The van der Waals surface area contributed by atoms with Gasteiger partial charge in [-0.15, -0.1) is 0 Å². The lowest BCUT2D eigenvalue weighted by molar-refractivity contribution is -0.145. The summed E-state index contributed by atoms with van der Waals surface area (Å²) in [6, 6.07) is 12.1. The molecular formula is C28H37N5O3. The Kier molecular flexibility index (Phi) is 7.94. The average molecular weight is 492 g/mol. The lowest BCUT2D eigenvalue weighted by Gasteiger charge is -2.32. The Morgan fingerprint density at radius 1 is 1.11 bits per heavy atom. The number of anilines is 1. The van der Waals surface area contributed by atoms with Crippen molar-refractivity contribution in [1.82, 2.24) is 20.5 Å². The van der Waals surface area contributed by atoms with Gasteiger partial charge in [0.05, 0.1) is 18.8 Å². The first-order valence-electron chi connectivity index (χ1n) is 12.7. The van der Waals surface area contributed by atoms with Crippen LogP contribution in [0.15, 0.2) is 40.9 Å². The van der Waals surface area contributed by atoms with E-state index in [4.69, 9.17) is 4.52 Å². The molecule has 192 valence electrons. The first-order valence-corrected chi connectivity index (χ1v) is 12.7. The highest BCUT2D eigenvalue weighted by Gasteiger charge is 2.27. The minimum Gasteiger partial charge on any atom is -0.356 e. The van der Waals surface area contributed by atoms with Gasteiger partial charge in [0.1, 0.15) is 0 Å². The van der Waals surface area contributed by atoms with Crippen LogP contribution < -0.4 is 10.2 Å². The van der Waals surface area contributed by atoms with Crippen LogP contribution in [0, 0.1) is 19.8 Å². The summed E-state index contributed by atoms with van der Waals surface area (Å²) in [6.45, 7) is 10.4. The molecule has 2 aromatic carbocycles. The molecule has 0 saturated heterocycles. The third-order valence-corrected chi connectivity index (χ3v) is 6.86. The van der Waals surface area contributed by atoms with Crippen molar-refractivity contribution in [3.63, 3.8) is 0 Å². The van der Waals surface area contributed by atoms with Crippen molar-refractivity contribution in [1.29, 1.82) is 0 Å². The van der Waals surface area contributed by atoms with Gasteiger partial charge in [0.2, 0.25) is 5.91 Å². The maximum Gasteiger partial charge on any atom is 0.256 e. The molecule has 1 aliphatic rings. The minimum atomic E-state index is -0.0932. The quantitative estimate of drug-likeness (QED) is 0.428. The zero-order valence-electron chi connectivity index (χ0n) is 22.0. The normalized spacial score (nSPS) is 13.3. The maximum atomic E-state index is 13.5. The third-order valence-electron chi connectivity index (χ3n) is 6.86. The summed E-state index contributed by atoms with van der Waals surface area (Å²) >= 11 is 0. The predicted octanol–water partition coefficient (Wildman–Crippen LogP) is 4.19. The van der Waals surface area contributed by atoms with E-state index in [2.05, 4.69) is 36.5 Å². The minimum absolute atomic E-state index is 0.0723. The van der Waals surface area contributed by atoms with Crippen molar-refractivity contribution in [2.24, 2.45) is 5.92 Å². The SMILES string of the molecule is Cc1cc2onc(C)c2cc1N(CC(=O)NCCCC(C)C)CC(=O)N(C)N1Cc2ccccc2C1. The molecular weight excluding hydrogens is 454 g/mol. The van der Waals surface area contributed by atoms with Crippen LogP contribution in [0.3, 0.4) is 0 Å². The molecule has 0 aliphatic carbocycles. The number of hydrazine groups is 1. The van der Waals surface area contributed by atoms with Crippen molar-refractivity contribution < 1.29 is 14.1 Å². The monoisotopic (exact) mass is 491 g/mol. The molecule has 2 heterocycles. The lowest BCUT2D eigenvalue weighted by Crippen LogP contribution is -2.48. The van der Waals surface area contributed by atoms with Crippen LogP contribution in [0.4, 0.5) is 5.69 Å². The third kappa shape index (κ3) is 5.87. The fourth-order valence-corrected chi connectivity index (χ4v) is 4.68. The van der Waals surface area contributed by atoms with Gasteiger partial charge in [0.25, 0.3) is 5.91 Å². The van der Waals surface area contributed by atoms with Crippen LogP contribution in [0.1, 0.15) is 49.1 Å². The topological polar surface area (TPSA) is 81.9 Å². The summed E-state index contributed by atoms with van der Waals surface area (Å²) in [4.78, 5) is 28.2. The molecule has 0 radical (unpaired) electrons. The Hall–Kier alpha value is -3.39. The molecule has 1 aliphatic heterocycles. The van der Waals surface area contributed by atoms with Crippen molar-refractivity contribution in [3.8, 4) is 0 Å². The summed E-state index contributed by atoms with van der Waals surface area (Å²) in [6.07, 6.45) is 2.00. The van der Waals surface area contributed by atoms with E-state index in [9.17, 15) is 9.59 Å². The molecule has 0 saturated carbocycles. The van der Waals surface area contributed by atoms with E-state index in [0.29, 0.717) is 31.1 Å². The number of nitrogens with one attached hydrogen (secondary N) is 1. The van der Waals surface area contributed by atoms with E-state index in [-0.39, 0.29) is 24.9 Å². The van der Waals surface area contributed by atoms with Gasteiger partial charge in [-0.05, 0) is 61.4 Å². The fraction of sp³-hybridized carbons (Fsp3) is 0.464. The number of hydrogen-bond acceptors (Lipinski definition) is 6. The highest BCUT2D eigenvalue weighted by Crippen LogP contribution is 2.29. The van der Waals surface area contributed by atoms with Gasteiger partial charge in [0, 0.05) is 37.8 Å². The summed E-state index contributed by atoms with van der Waals surface area (Å²) in [7, 11) is 1.80. The molecule has 0 fully saturated rings. The van der Waals surface area contributed by atoms with E-state index in [1.807, 2.05) is 48.0 Å². The number of aromatic nitrogens is 1. The highest BCUT2D eigenvalue weighted by atomic mass is 16.5. The molecule has 8 heteroatoms. The molecule has 4 rings (SSSR count). The Bertz CT molecular complexity index is 1210. The largest absolute Gasteiger partial charge is 0.356 e. The van der Waals surface area contributed by atoms with Crippen LogP contribution in [0.2, 0.25) is 0 Å². The van der Waals surface area contributed by atoms with E-state index in [1.165, 1.54) is 11.1 Å². The highest BCUT2D eigenvalue weighted by molar-refractivity contribution is 5.90. The smallest absolute Gasteiger partial charge is 0.256 e. The summed E-state index contributed by atoms with van der Waals surface area (Å²) in [5.74, 6) is 0.436. The number of likely N-dealkylation sites (N-methyl/N-ethyl adjacent to an activating group) is 1. The van der Waals surface area contributed by atoms with Gasteiger partial charge >= 0.3 is 0 Å². The van der Waals surface area contributed by atoms with Gasteiger partial charge in [-0.1, -0.05) is 43.3 Å². The molecule has 1 N–H and O–H groups in total. The van der Waals surface area contributed by atoms with Crippen LogP contribution in [0.5, 0.6) is 0 Å². The Morgan fingerprint density at radius 3 is 2.47 bits per heavy atom. The molecule has 36 heavy (non-hydrogen) atoms. The number of carbonyl (C=O) groups excluding carboxylic acids is 2. The van der Waals surface area contributed by atoms with Crippen LogP contribution in [-0.4, -0.2) is 53.7 Å². The van der Waals surface area contributed by atoms with E-state index < -0.39 is 0 Å². The zero-order valence-corrected chi connectivity index (χ0v) is 22.0. The Morgan fingerprint density at radius 2 is 1.81 bits per heavy atom. The molecule has 3 aromatic rings. The molecule has 0 spiro atoms. The van der Waals surface area contributed by atoms with E-state index in [0.717, 1.165) is 35.2 Å². The number of hydrogen-bond donors (Lipinski definition) is 1. The van der Waals surface area contributed by atoms with Crippen molar-refractivity contribution in [2.45, 2.75) is 53.6 Å². The van der Waals surface area contributed by atoms with Gasteiger partial charge < -0.3 is 14.7 Å². The second kappa shape index (κ2) is 11.1. The van der Waals surface area contributed by atoms with E-state index in [1.54, 1.807) is 12.1 Å². The van der Waals surface area contributed by atoms with Crippen LogP contribution in [0.25, 0.3) is 11.0 Å². The number of fused-ring (bicyclic) bond motifs is 2. The predicted molar refractivity (Wildman–Crippen MR) is 141 cm³/mol. The summed E-state index contributed by atoms with van der Waals surface area (Å²) in [5.41, 5.74) is 5.71. The second-order valence-electron chi connectivity index (χ2n) is 10.2. The van der Waals surface area contributed by atoms with Crippen LogP contribution in [-0.2, 0) is 22.7 Å². The molecule has 1 aromatic heterocycles. The van der Waals surface area contributed by atoms with Crippen molar-refractivity contribution in [2.75, 3.05) is 31.6 Å². The number of amides is 2. The Balaban J connectivity index is 1.51. The number of aryl methyl sites for hydroxylation is 2. The van der Waals surface area contributed by atoms with Gasteiger partial charge in [0.15, 0.2) is 5.58 Å². The van der Waals surface area contributed by atoms with Gasteiger partial charge in [-0.3, -0.25) is 14.6 Å². The second-order valence-corrected chi connectivity index (χ2v) is 10.2. The van der Waals surface area contributed by atoms with Crippen molar-refractivity contribution >= 4 is 28.5 Å². The molecule has 2 amide bonds. The number of rotatable bonds is 10. The van der Waals surface area contributed by atoms with Crippen molar-refractivity contribution in [3.05, 3.63) is 58.8 Å². The number of benzene rings is 2. The number of nitrogens with zero attached hydrogens (tertiary/aromatic N) is 4. The first kappa shape index (κ1) is 25.7. The standard InChI is InChI=1S/C28H37N5O3/c1-19(2)9-8-12-29-27(34)17-32(25-14-24-21(4)30-36-26(24)13-20(25)3)18-28(35)31(5)33-15-22-10-6-7-11-23(22)16-33/h6-7,10-11,13-14,19H,8-9,12,15-18H2,1-5H3,(H,29,34). The lowest BCUT2D eigenvalue weighted by atomic mass is 10.1. The molecule has 8 nitrogen and oxygen atoms in total. The molecule has 0 bridgehead atoms.